The molecule has 1 aromatic carbocycles. The Balaban J connectivity index is 1.90. The smallest absolute Gasteiger partial charge is 0.356 e. The lowest BCUT2D eigenvalue weighted by atomic mass is 9.96. The summed E-state index contributed by atoms with van der Waals surface area (Å²) in [4.78, 5) is 39.3. The molecular formula is C22H25F3N4O3. The normalized spacial score (nSPS) is 16.7. The monoisotopic (exact) mass is 450 g/mol. The Bertz CT molecular complexity index is 1070. The van der Waals surface area contributed by atoms with E-state index in [-0.39, 0.29) is 29.8 Å². The molecule has 7 nitrogen and oxygen atoms in total. The van der Waals surface area contributed by atoms with Crippen molar-refractivity contribution < 1.29 is 22.8 Å². The molecule has 0 bridgehead atoms. The number of likely N-dealkylation sites (tertiary alicyclic amines) is 1. The first-order valence-electron chi connectivity index (χ1n) is 10.5. The van der Waals surface area contributed by atoms with Crippen LogP contribution in [0.3, 0.4) is 0 Å². The van der Waals surface area contributed by atoms with Gasteiger partial charge in [0, 0.05) is 31.4 Å². The van der Waals surface area contributed by atoms with Crippen molar-refractivity contribution in [2.75, 3.05) is 19.6 Å². The first kappa shape index (κ1) is 23.5. The van der Waals surface area contributed by atoms with Crippen molar-refractivity contribution in [2.45, 2.75) is 39.3 Å². The lowest BCUT2D eigenvalue weighted by Gasteiger charge is -2.31. The maximum atomic E-state index is 13.1. The number of carbonyl (C=O) groups excluding carboxylic acids is 2. The number of aryl methyl sites for hydroxylation is 1. The highest BCUT2D eigenvalue weighted by molar-refractivity contribution is 5.92. The van der Waals surface area contributed by atoms with Gasteiger partial charge in [-0.05, 0) is 44.4 Å². The third kappa shape index (κ3) is 5.17. The molecule has 0 spiro atoms. The van der Waals surface area contributed by atoms with Crippen molar-refractivity contribution in [3.8, 4) is 5.69 Å². The standard InChI is InChI=1S/C22H25F3N4O3/c1-3-9-26-20(31)15-6-5-10-28(13-15)21(32)19-18(30)11-14(2)29(27-19)17-8-4-7-16(12-17)22(23,24)25/h4,7-8,11-12,15H,3,5-6,9-10,13H2,1-2H3,(H,26,31). The van der Waals surface area contributed by atoms with Crippen molar-refractivity contribution >= 4 is 11.8 Å². The number of nitrogens with one attached hydrogen (secondary N) is 1. The molecule has 172 valence electrons. The average molecular weight is 450 g/mol. The van der Waals surface area contributed by atoms with Crippen LogP contribution in [0.15, 0.2) is 35.1 Å². The summed E-state index contributed by atoms with van der Waals surface area (Å²) in [5.74, 6) is -1.15. The molecule has 1 saturated heterocycles. The number of hydrogen-bond acceptors (Lipinski definition) is 4. The Labute approximate surface area is 183 Å². The summed E-state index contributed by atoms with van der Waals surface area (Å²) in [6, 6.07) is 5.68. The van der Waals surface area contributed by atoms with Gasteiger partial charge in [-0.2, -0.15) is 18.3 Å². The van der Waals surface area contributed by atoms with Crippen LogP contribution in [0.1, 0.15) is 47.9 Å². The van der Waals surface area contributed by atoms with Gasteiger partial charge in [0.15, 0.2) is 5.69 Å². The Morgan fingerprint density at radius 3 is 2.69 bits per heavy atom. The summed E-state index contributed by atoms with van der Waals surface area (Å²) in [6.45, 7) is 4.54. The minimum absolute atomic E-state index is 0.0850. The van der Waals surface area contributed by atoms with Crippen LogP contribution in [0.5, 0.6) is 0 Å². The van der Waals surface area contributed by atoms with Crippen molar-refractivity contribution in [3.63, 3.8) is 0 Å². The van der Waals surface area contributed by atoms with Crippen molar-refractivity contribution in [1.29, 1.82) is 0 Å². The zero-order valence-electron chi connectivity index (χ0n) is 17.9. The molecule has 1 N–H and O–H groups in total. The van der Waals surface area contributed by atoms with Gasteiger partial charge in [-0.1, -0.05) is 13.0 Å². The fourth-order valence-corrected chi connectivity index (χ4v) is 3.69. The number of piperidine rings is 1. The molecule has 0 aliphatic carbocycles. The highest BCUT2D eigenvalue weighted by Crippen LogP contribution is 2.30. The van der Waals surface area contributed by atoms with E-state index in [1.54, 1.807) is 0 Å². The molecule has 2 aromatic rings. The Kier molecular flexibility index (Phi) is 7.00. The first-order valence-corrected chi connectivity index (χ1v) is 10.5. The molecule has 1 aromatic heterocycles. The van der Waals surface area contributed by atoms with E-state index >= 15 is 0 Å². The zero-order chi connectivity index (χ0) is 23.5. The molecule has 1 unspecified atom stereocenters. The van der Waals surface area contributed by atoms with Crippen LogP contribution in [0, 0.1) is 12.8 Å². The number of carbonyl (C=O) groups is 2. The molecule has 1 aliphatic heterocycles. The predicted octanol–water partition coefficient (Wildman–Crippen LogP) is 2.94. The Hall–Kier alpha value is -3.17. The third-order valence-corrected chi connectivity index (χ3v) is 5.36. The Morgan fingerprint density at radius 1 is 1.25 bits per heavy atom. The maximum Gasteiger partial charge on any atom is 0.416 e. The van der Waals surface area contributed by atoms with Gasteiger partial charge in [-0.3, -0.25) is 14.4 Å². The van der Waals surface area contributed by atoms with E-state index in [9.17, 15) is 27.6 Å². The van der Waals surface area contributed by atoms with Crippen LogP contribution in [0.25, 0.3) is 5.69 Å². The number of alkyl halides is 3. The summed E-state index contributed by atoms with van der Waals surface area (Å²) < 4.78 is 40.5. The molecule has 2 heterocycles. The molecule has 32 heavy (non-hydrogen) atoms. The van der Waals surface area contributed by atoms with E-state index in [4.69, 9.17) is 0 Å². The lowest BCUT2D eigenvalue weighted by Crippen LogP contribution is -2.47. The van der Waals surface area contributed by atoms with Gasteiger partial charge in [0.2, 0.25) is 11.3 Å². The molecule has 1 fully saturated rings. The second kappa shape index (κ2) is 9.54. The van der Waals surface area contributed by atoms with E-state index in [2.05, 4.69) is 10.4 Å². The van der Waals surface area contributed by atoms with E-state index < -0.39 is 23.1 Å². The quantitative estimate of drug-likeness (QED) is 0.759. The van der Waals surface area contributed by atoms with Gasteiger partial charge in [0.1, 0.15) is 0 Å². The van der Waals surface area contributed by atoms with E-state index in [1.165, 1.54) is 30.0 Å². The second-order valence-corrected chi connectivity index (χ2v) is 7.84. The van der Waals surface area contributed by atoms with Gasteiger partial charge in [-0.25, -0.2) is 4.68 Å². The van der Waals surface area contributed by atoms with Gasteiger partial charge in [0.25, 0.3) is 5.91 Å². The van der Waals surface area contributed by atoms with Gasteiger partial charge in [-0.15, -0.1) is 0 Å². The van der Waals surface area contributed by atoms with Crippen molar-refractivity contribution in [3.05, 3.63) is 57.5 Å². The minimum atomic E-state index is -4.54. The zero-order valence-corrected chi connectivity index (χ0v) is 17.9. The lowest BCUT2D eigenvalue weighted by molar-refractivity contribution is -0.137. The van der Waals surface area contributed by atoms with E-state index in [1.807, 2.05) is 6.92 Å². The molecule has 1 atom stereocenters. The van der Waals surface area contributed by atoms with Gasteiger partial charge >= 0.3 is 6.18 Å². The molecule has 0 radical (unpaired) electrons. The summed E-state index contributed by atoms with van der Waals surface area (Å²) in [7, 11) is 0. The topological polar surface area (TPSA) is 84.3 Å². The highest BCUT2D eigenvalue weighted by atomic mass is 19.4. The van der Waals surface area contributed by atoms with Crippen molar-refractivity contribution in [2.24, 2.45) is 5.92 Å². The number of benzene rings is 1. The fraction of sp³-hybridized carbons (Fsp3) is 0.455. The summed E-state index contributed by atoms with van der Waals surface area (Å²) in [5.41, 5.74) is -1.49. The predicted molar refractivity (Wildman–Crippen MR) is 112 cm³/mol. The molecule has 0 saturated carbocycles. The van der Waals surface area contributed by atoms with Crippen LogP contribution in [-0.4, -0.2) is 46.1 Å². The number of hydrogen-bond donors (Lipinski definition) is 1. The van der Waals surface area contributed by atoms with E-state index in [0.29, 0.717) is 31.6 Å². The van der Waals surface area contributed by atoms with Crippen LogP contribution < -0.4 is 10.7 Å². The Morgan fingerprint density at radius 2 is 2.00 bits per heavy atom. The number of amides is 2. The maximum absolute atomic E-state index is 13.1. The molecular weight excluding hydrogens is 425 g/mol. The molecule has 2 amide bonds. The van der Waals surface area contributed by atoms with Crippen LogP contribution >= 0.6 is 0 Å². The number of nitrogens with zero attached hydrogens (tertiary/aromatic N) is 3. The van der Waals surface area contributed by atoms with Crippen LogP contribution in [0.2, 0.25) is 0 Å². The second-order valence-electron chi connectivity index (χ2n) is 7.84. The third-order valence-electron chi connectivity index (χ3n) is 5.36. The summed E-state index contributed by atoms with van der Waals surface area (Å²) in [5, 5.41) is 6.92. The van der Waals surface area contributed by atoms with Gasteiger partial charge < -0.3 is 10.2 Å². The number of rotatable bonds is 5. The molecule has 3 rings (SSSR count). The minimum Gasteiger partial charge on any atom is -0.356 e. The molecule has 10 heteroatoms. The summed E-state index contributed by atoms with van der Waals surface area (Å²) in [6.07, 6.45) is -2.51. The molecule has 1 aliphatic rings. The first-order chi connectivity index (χ1) is 15.1. The largest absolute Gasteiger partial charge is 0.416 e. The van der Waals surface area contributed by atoms with Gasteiger partial charge in [0.05, 0.1) is 17.2 Å². The van der Waals surface area contributed by atoms with Crippen LogP contribution in [-0.2, 0) is 11.0 Å². The van der Waals surface area contributed by atoms with Crippen molar-refractivity contribution in [1.82, 2.24) is 20.0 Å². The van der Waals surface area contributed by atoms with Crippen LogP contribution in [0.4, 0.5) is 13.2 Å². The fourth-order valence-electron chi connectivity index (χ4n) is 3.69. The number of aromatic nitrogens is 2. The average Bonchev–Trinajstić information content (AvgIpc) is 2.76. The van der Waals surface area contributed by atoms with E-state index in [0.717, 1.165) is 23.2 Å². The number of halogens is 3. The highest BCUT2D eigenvalue weighted by Gasteiger charge is 2.32. The summed E-state index contributed by atoms with van der Waals surface area (Å²) >= 11 is 0. The SMILES string of the molecule is CCCNC(=O)C1CCCN(C(=O)c2nn(-c3cccc(C(F)(F)F)c3)c(C)cc2=O)C1.